The zero-order chi connectivity index (χ0) is 18.3. The summed E-state index contributed by atoms with van der Waals surface area (Å²) >= 11 is 0. The first-order valence-electron chi connectivity index (χ1n) is 8.24. The average molecular weight is 349 g/mol. The molecule has 0 bridgehead atoms. The van der Waals surface area contributed by atoms with E-state index in [1.165, 1.54) is 4.90 Å². The van der Waals surface area contributed by atoms with E-state index in [1.807, 2.05) is 19.9 Å². The molecule has 0 spiro atoms. The number of nitrogens with zero attached hydrogens (tertiary/aromatic N) is 3. The van der Waals surface area contributed by atoms with Gasteiger partial charge in [-0.15, -0.1) is 0 Å². The number of hydrogen-bond acceptors (Lipinski definition) is 3. The number of amides is 1. The Hall–Kier alpha value is -2.28. The van der Waals surface area contributed by atoms with Gasteiger partial charge in [-0.1, -0.05) is 0 Å². The van der Waals surface area contributed by atoms with Crippen LogP contribution in [-0.2, 0) is 4.79 Å². The molecule has 1 saturated heterocycles. The molecule has 1 aromatic carbocycles. The van der Waals surface area contributed by atoms with Crippen LogP contribution < -0.4 is 0 Å². The average Bonchev–Trinajstić information content (AvgIpc) is 3.10. The summed E-state index contributed by atoms with van der Waals surface area (Å²) in [5.41, 5.74) is 1.73. The van der Waals surface area contributed by atoms with Crippen molar-refractivity contribution in [2.45, 2.75) is 45.4 Å². The van der Waals surface area contributed by atoms with Crippen LogP contribution in [0.2, 0.25) is 0 Å². The molecule has 1 aliphatic rings. The predicted molar refractivity (Wildman–Crippen MR) is 87.8 cm³/mol. The van der Waals surface area contributed by atoms with Crippen molar-refractivity contribution in [2.75, 3.05) is 6.54 Å². The molecule has 1 aromatic heterocycles. The number of aliphatic hydroxyl groups is 1. The second-order valence-electron chi connectivity index (χ2n) is 6.61. The zero-order valence-corrected chi connectivity index (χ0v) is 14.4. The number of hydrogen-bond donors (Lipinski definition) is 1. The summed E-state index contributed by atoms with van der Waals surface area (Å²) in [6.45, 7) is 5.49. The number of carbonyl (C=O) groups excluding carboxylic acids is 1. The molecule has 3 unspecified atom stereocenters. The zero-order valence-electron chi connectivity index (χ0n) is 14.4. The fourth-order valence-electron chi connectivity index (χ4n) is 3.50. The lowest BCUT2D eigenvalue weighted by atomic mass is 10.0. The second-order valence-corrected chi connectivity index (χ2v) is 6.61. The first-order valence-corrected chi connectivity index (χ1v) is 8.24. The van der Waals surface area contributed by atoms with Crippen molar-refractivity contribution in [3.8, 4) is 0 Å². The van der Waals surface area contributed by atoms with E-state index in [2.05, 4.69) is 5.10 Å². The fourth-order valence-corrected chi connectivity index (χ4v) is 3.50. The summed E-state index contributed by atoms with van der Waals surface area (Å²) < 4.78 is 29.3. The molecule has 1 amide bonds. The summed E-state index contributed by atoms with van der Waals surface area (Å²) in [4.78, 5) is 14.4. The van der Waals surface area contributed by atoms with Crippen LogP contribution in [-0.4, -0.2) is 38.3 Å². The highest BCUT2D eigenvalue weighted by atomic mass is 19.1. The van der Waals surface area contributed by atoms with Gasteiger partial charge in [-0.3, -0.25) is 9.48 Å². The van der Waals surface area contributed by atoms with E-state index in [1.54, 1.807) is 11.6 Å². The van der Waals surface area contributed by atoms with E-state index in [9.17, 15) is 18.7 Å². The normalized spacial score (nSPS) is 21.6. The Bertz CT molecular complexity index is 806. The van der Waals surface area contributed by atoms with Gasteiger partial charge in [-0.25, -0.2) is 8.78 Å². The molecule has 5 nitrogen and oxygen atoms in total. The van der Waals surface area contributed by atoms with Crippen molar-refractivity contribution in [1.82, 2.24) is 14.7 Å². The molecule has 2 heterocycles. The first-order chi connectivity index (χ1) is 11.8. The van der Waals surface area contributed by atoms with Crippen LogP contribution in [0.1, 0.15) is 42.4 Å². The Morgan fingerprint density at radius 2 is 2.04 bits per heavy atom. The Morgan fingerprint density at radius 1 is 1.32 bits per heavy atom. The van der Waals surface area contributed by atoms with Crippen molar-refractivity contribution >= 4 is 5.91 Å². The molecule has 1 fully saturated rings. The molecule has 1 aliphatic heterocycles. The monoisotopic (exact) mass is 349 g/mol. The molecular formula is C18H21F2N3O2. The van der Waals surface area contributed by atoms with Crippen LogP contribution in [0.15, 0.2) is 24.3 Å². The van der Waals surface area contributed by atoms with Gasteiger partial charge >= 0.3 is 0 Å². The minimum Gasteiger partial charge on any atom is -0.391 e. The number of benzene rings is 1. The topological polar surface area (TPSA) is 58.4 Å². The predicted octanol–water partition coefficient (Wildman–Crippen LogP) is 2.67. The quantitative estimate of drug-likeness (QED) is 0.927. The molecule has 3 atom stereocenters. The van der Waals surface area contributed by atoms with Crippen LogP contribution in [0.4, 0.5) is 8.78 Å². The number of rotatable bonds is 3. The van der Waals surface area contributed by atoms with Crippen molar-refractivity contribution in [2.24, 2.45) is 0 Å². The lowest BCUT2D eigenvalue weighted by molar-refractivity contribution is -0.136. The van der Waals surface area contributed by atoms with Gasteiger partial charge in [0.15, 0.2) is 0 Å². The minimum atomic E-state index is -0.774. The van der Waals surface area contributed by atoms with Crippen LogP contribution in [0.25, 0.3) is 0 Å². The maximum absolute atomic E-state index is 14.2. The van der Waals surface area contributed by atoms with Crippen LogP contribution >= 0.6 is 0 Å². The van der Waals surface area contributed by atoms with Crippen LogP contribution in [0, 0.1) is 25.5 Å². The SMILES string of the molecule is Cc1cc(C)n(C(C)C(=O)N2CC(O)CC2c2cc(F)ccc2F)n1. The van der Waals surface area contributed by atoms with Crippen molar-refractivity contribution in [1.29, 1.82) is 0 Å². The molecule has 1 N–H and O–H groups in total. The molecule has 7 heteroatoms. The molecule has 2 aromatic rings. The molecule has 134 valence electrons. The van der Waals surface area contributed by atoms with E-state index < -0.39 is 29.8 Å². The van der Waals surface area contributed by atoms with Crippen molar-refractivity contribution in [3.63, 3.8) is 0 Å². The smallest absolute Gasteiger partial charge is 0.247 e. The van der Waals surface area contributed by atoms with Gasteiger partial charge in [0.2, 0.25) is 5.91 Å². The Kier molecular flexibility index (Phi) is 4.60. The number of β-amino-alcohol motifs (C(OH)–C–C–N with tert-alkyl or cyclic N) is 1. The number of halogens is 2. The van der Waals surface area contributed by atoms with Crippen molar-refractivity contribution in [3.05, 3.63) is 52.9 Å². The van der Waals surface area contributed by atoms with E-state index >= 15 is 0 Å². The molecule has 3 rings (SSSR count). The van der Waals surface area contributed by atoms with E-state index in [-0.39, 0.29) is 24.4 Å². The summed E-state index contributed by atoms with van der Waals surface area (Å²) in [7, 11) is 0. The van der Waals surface area contributed by atoms with Crippen LogP contribution in [0.3, 0.4) is 0 Å². The highest BCUT2D eigenvalue weighted by Gasteiger charge is 2.39. The number of likely N-dealkylation sites (tertiary alicyclic amines) is 1. The van der Waals surface area contributed by atoms with Gasteiger partial charge < -0.3 is 10.0 Å². The first kappa shape index (κ1) is 17.5. The fraction of sp³-hybridized carbons (Fsp3) is 0.444. The second kappa shape index (κ2) is 6.55. The highest BCUT2D eigenvalue weighted by Crippen LogP contribution is 2.35. The minimum absolute atomic E-state index is 0.0864. The van der Waals surface area contributed by atoms with Crippen LogP contribution in [0.5, 0.6) is 0 Å². The summed E-state index contributed by atoms with van der Waals surface area (Å²) in [5.74, 6) is -1.44. The largest absolute Gasteiger partial charge is 0.391 e. The van der Waals surface area contributed by atoms with E-state index in [0.29, 0.717) is 0 Å². The third-order valence-electron chi connectivity index (χ3n) is 4.65. The number of aromatic nitrogens is 2. The Morgan fingerprint density at radius 3 is 2.68 bits per heavy atom. The summed E-state index contributed by atoms with van der Waals surface area (Å²) in [5, 5.41) is 14.3. The molecule has 0 aliphatic carbocycles. The van der Waals surface area contributed by atoms with Gasteiger partial charge in [0.25, 0.3) is 0 Å². The van der Waals surface area contributed by atoms with E-state index in [0.717, 1.165) is 29.6 Å². The molecule has 0 radical (unpaired) electrons. The van der Waals surface area contributed by atoms with Gasteiger partial charge in [0.05, 0.1) is 17.8 Å². The molecule has 25 heavy (non-hydrogen) atoms. The molecule has 0 saturated carbocycles. The maximum Gasteiger partial charge on any atom is 0.247 e. The standard InChI is InChI=1S/C18H21F2N3O2/c1-10-6-11(2)23(21-10)12(3)18(25)22-9-14(24)8-17(22)15-7-13(19)4-5-16(15)20/h4-7,12,14,17,24H,8-9H2,1-3H3. The lowest BCUT2D eigenvalue weighted by Gasteiger charge is -2.28. The van der Waals surface area contributed by atoms with Gasteiger partial charge in [-0.2, -0.15) is 5.10 Å². The van der Waals surface area contributed by atoms with Gasteiger partial charge in [0, 0.05) is 17.8 Å². The summed E-state index contributed by atoms with van der Waals surface area (Å²) in [6, 6.07) is 3.74. The Balaban J connectivity index is 1.92. The highest BCUT2D eigenvalue weighted by molar-refractivity contribution is 5.81. The number of aliphatic hydroxyl groups excluding tert-OH is 1. The summed E-state index contributed by atoms with van der Waals surface area (Å²) in [6.07, 6.45) is -0.597. The number of carbonyl (C=O) groups is 1. The van der Waals surface area contributed by atoms with Gasteiger partial charge in [-0.05, 0) is 51.5 Å². The third-order valence-corrected chi connectivity index (χ3v) is 4.65. The third kappa shape index (κ3) is 3.28. The lowest BCUT2D eigenvalue weighted by Crippen LogP contribution is -2.37. The number of aryl methyl sites for hydroxylation is 2. The maximum atomic E-state index is 14.2. The Labute approximate surface area is 144 Å². The van der Waals surface area contributed by atoms with Crippen molar-refractivity contribution < 1.29 is 18.7 Å². The van der Waals surface area contributed by atoms with E-state index in [4.69, 9.17) is 0 Å². The molecular weight excluding hydrogens is 328 g/mol. The van der Waals surface area contributed by atoms with Gasteiger partial charge in [0.1, 0.15) is 17.7 Å².